The Balaban J connectivity index is 2.29. The van der Waals surface area contributed by atoms with Crippen molar-refractivity contribution in [3.05, 3.63) is 47.9 Å². The highest BCUT2D eigenvalue weighted by Crippen LogP contribution is 2.21. The molecule has 80 valence electrons. The van der Waals surface area contributed by atoms with Gasteiger partial charge in [-0.3, -0.25) is 5.10 Å². The van der Waals surface area contributed by atoms with Crippen molar-refractivity contribution in [1.82, 2.24) is 14.8 Å². The first kappa shape index (κ1) is 9.21. The van der Waals surface area contributed by atoms with E-state index in [0.717, 1.165) is 10.9 Å². The van der Waals surface area contributed by atoms with Gasteiger partial charge in [0, 0.05) is 23.0 Å². The summed E-state index contributed by atoms with van der Waals surface area (Å²) in [5, 5.41) is 8.24. The Morgan fingerprint density at radius 1 is 1.25 bits per heavy atom. The molecule has 0 radical (unpaired) electrons. The molecule has 1 N–H and O–H groups in total. The highest BCUT2D eigenvalue weighted by molar-refractivity contribution is 5.83. The summed E-state index contributed by atoms with van der Waals surface area (Å²) in [6.07, 6.45) is 3.95. The monoisotopic (exact) mass is 211 g/mol. The first-order valence-electron chi connectivity index (χ1n) is 5.34. The molecule has 2 aromatic heterocycles. The third kappa shape index (κ3) is 1.25. The van der Waals surface area contributed by atoms with Gasteiger partial charge in [0.15, 0.2) is 0 Å². The van der Waals surface area contributed by atoms with Gasteiger partial charge in [-0.2, -0.15) is 5.10 Å². The van der Waals surface area contributed by atoms with Crippen molar-refractivity contribution in [3.8, 4) is 5.69 Å². The van der Waals surface area contributed by atoms with Crippen molar-refractivity contribution in [2.75, 3.05) is 0 Å². The number of rotatable bonds is 1. The van der Waals surface area contributed by atoms with Gasteiger partial charge in [-0.25, -0.2) is 0 Å². The topological polar surface area (TPSA) is 33.6 Å². The number of H-pyrrole nitrogens is 1. The molecule has 0 aliphatic rings. The summed E-state index contributed by atoms with van der Waals surface area (Å²) in [6.45, 7) is 4.21. The number of benzene rings is 1. The zero-order valence-electron chi connectivity index (χ0n) is 9.36. The molecular weight excluding hydrogens is 198 g/mol. The lowest BCUT2D eigenvalue weighted by molar-refractivity contribution is 1.02. The summed E-state index contributed by atoms with van der Waals surface area (Å²) in [6, 6.07) is 8.49. The molecule has 0 aliphatic carbocycles. The lowest BCUT2D eigenvalue weighted by atomic mass is 10.1. The van der Waals surface area contributed by atoms with Crippen LogP contribution in [0.25, 0.3) is 16.6 Å². The molecular formula is C13H13N3. The molecule has 0 amide bonds. The summed E-state index contributed by atoms with van der Waals surface area (Å²) in [4.78, 5) is 0. The molecule has 0 unspecified atom stereocenters. The van der Waals surface area contributed by atoms with Crippen LogP contribution in [0.5, 0.6) is 0 Å². The average molecular weight is 211 g/mol. The third-order valence-electron chi connectivity index (χ3n) is 2.96. The van der Waals surface area contributed by atoms with Crippen LogP contribution in [-0.2, 0) is 0 Å². The van der Waals surface area contributed by atoms with Gasteiger partial charge in [-0.05, 0) is 43.7 Å². The van der Waals surface area contributed by atoms with Gasteiger partial charge in [0.05, 0.1) is 11.7 Å². The van der Waals surface area contributed by atoms with E-state index in [9.17, 15) is 0 Å². The van der Waals surface area contributed by atoms with Crippen molar-refractivity contribution in [3.63, 3.8) is 0 Å². The van der Waals surface area contributed by atoms with Crippen LogP contribution in [0, 0.1) is 13.8 Å². The van der Waals surface area contributed by atoms with E-state index in [1.807, 2.05) is 6.20 Å². The molecule has 3 rings (SSSR count). The number of fused-ring (bicyclic) bond motifs is 1. The van der Waals surface area contributed by atoms with E-state index in [-0.39, 0.29) is 0 Å². The Morgan fingerprint density at radius 3 is 2.88 bits per heavy atom. The maximum atomic E-state index is 4.07. The van der Waals surface area contributed by atoms with E-state index in [2.05, 4.69) is 59.1 Å². The van der Waals surface area contributed by atoms with Crippen molar-refractivity contribution in [2.24, 2.45) is 0 Å². The van der Waals surface area contributed by atoms with Crippen molar-refractivity contribution in [1.29, 1.82) is 0 Å². The van der Waals surface area contributed by atoms with Gasteiger partial charge in [-0.15, -0.1) is 0 Å². The standard InChI is InChI=1S/C13H13N3/c1-9-6-12(16-5-3-4-10(16)2)7-11-8-14-15-13(9)11/h3-8H,1-2H3,(H,14,15). The van der Waals surface area contributed by atoms with Crippen LogP contribution in [0.4, 0.5) is 0 Å². The molecule has 2 heterocycles. The first-order valence-corrected chi connectivity index (χ1v) is 5.34. The van der Waals surface area contributed by atoms with Crippen LogP contribution in [0.3, 0.4) is 0 Å². The van der Waals surface area contributed by atoms with Crippen LogP contribution in [0.2, 0.25) is 0 Å². The molecule has 1 aromatic carbocycles. The van der Waals surface area contributed by atoms with Crippen LogP contribution in [-0.4, -0.2) is 14.8 Å². The first-order chi connectivity index (χ1) is 7.75. The lowest BCUT2D eigenvalue weighted by Crippen LogP contribution is -1.95. The minimum atomic E-state index is 1.12. The second-order valence-corrected chi connectivity index (χ2v) is 4.12. The number of aryl methyl sites for hydroxylation is 2. The quantitative estimate of drug-likeness (QED) is 0.659. The van der Waals surface area contributed by atoms with Crippen molar-refractivity contribution in [2.45, 2.75) is 13.8 Å². The number of hydrogen-bond acceptors (Lipinski definition) is 1. The van der Waals surface area contributed by atoms with E-state index in [1.165, 1.54) is 16.9 Å². The van der Waals surface area contributed by atoms with Gasteiger partial charge in [0.25, 0.3) is 0 Å². The minimum Gasteiger partial charge on any atom is -0.321 e. The van der Waals surface area contributed by atoms with Crippen LogP contribution in [0.1, 0.15) is 11.3 Å². The highest BCUT2D eigenvalue weighted by Gasteiger charge is 2.04. The molecule has 0 aliphatic heterocycles. The highest BCUT2D eigenvalue weighted by atomic mass is 15.1. The van der Waals surface area contributed by atoms with Crippen LogP contribution < -0.4 is 0 Å². The fourth-order valence-corrected chi connectivity index (χ4v) is 2.11. The Kier molecular flexibility index (Phi) is 1.86. The summed E-state index contributed by atoms with van der Waals surface area (Å²) in [5.74, 6) is 0. The van der Waals surface area contributed by atoms with Crippen LogP contribution >= 0.6 is 0 Å². The second-order valence-electron chi connectivity index (χ2n) is 4.12. The van der Waals surface area contributed by atoms with Gasteiger partial charge in [0.2, 0.25) is 0 Å². The summed E-state index contributed by atoms with van der Waals surface area (Å²) in [5.41, 5.74) is 4.77. The van der Waals surface area contributed by atoms with Gasteiger partial charge in [-0.1, -0.05) is 0 Å². The number of aromatic nitrogens is 3. The van der Waals surface area contributed by atoms with Crippen molar-refractivity contribution < 1.29 is 0 Å². The molecule has 3 nitrogen and oxygen atoms in total. The Morgan fingerprint density at radius 2 is 2.12 bits per heavy atom. The summed E-state index contributed by atoms with van der Waals surface area (Å²) in [7, 11) is 0. The maximum absolute atomic E-state index is 4.07. The lowest BCUT2D eigenvalue weighted by Gasteiger charge is -2.07. The van der Waals surface area contributed by atoms with E-state index >= 15 is 0 Å². The SMILES string of the molecule is Cc1cc(-n2cccc2C)cc2cn[nH]c12. The molecule has 0 atom stereocenters. The number of aromatic amines is 1. The second kappa shape index (κ2) is 3.23. The minimum absolute atomic E-state index is 1.12. The maximum Gasteiger partial charge on any atom is 0.0680 e. The van der Waals surface area contributed by atoms with Gasteiger partial charge >= 0.3 is 0 Å². The number of hydrogen-bond donors (Lipinski definition) is 1. The molecule has 3 aromatic rings. The van der Waals surface area contributed by atoms with Crippen LogP contribution in [0.15, 0.2) is 36.7 Å². The normalized spacial score (nSPS) is 11.1. The van der Waals surface area contributed by atoms with Gasteiger partial charge in [0.1, 0.15) is 0 Å². The van der Waals surface area contributed by atoms with E-state index in [1.54, 1.807) is 0 Å². The molecule has 0 saturated carbocycles. The molecule has 0 bridgehead atoms. The summed E-state index contributed by atoms with van der Waals surface area (Å²) >= 11 is 0. The number of nitrogens with one attached hydrogen (secondary N) is 1. The van der Waals surface area contributed by atoms with Gasteiger partial charge < -0.3 is 4.57 Å². The average Bonchev–Trinajstić information content (AvgIpc) is 2.85. The third-order valence-corrected chi connectivity index (χ3v) is 2.96. The molecule has 3 heteroatoms. The smallest absolute Gasteiger partial charge is 0.0680 e. The van der Waals surface area contributed by atoms with E-state index in [4.69, 9.17) is 0 Å². The predicted octanol–water partition coefficient (Wildman–Crippen LogP) is 2.97. The zero-order chi connectivity index (χ0) is 11.1. The zero-order valence-corrected chi connectivity index (χ0v) is 9.36. The molecule has 0 spiro atoms. The van der Waals surface area contributed by atoms with E-state index in [0.29, 0.717) is 0 Å². The summed E-state index contributed by atoms with van der Waals surface area (Å²) < 4.78 is 2.18. The number of nitrogens with zero attached hydrogens (tertiary/aromatic N) is 2. The fourth-order valence-electron chi connectivity index (χ4n) is 2.11. The predicted molar refractivity (Wildman–Crippen MR) is 64.9 cm³/mol. The Labute approximate surface area is 93.7 Å². The van der Waals surface area contributed by atoms with Crippen molar-refractivity contribution >= 4 is 10.9 Å². The Bertz CT molecular complexity index is 646. The Hall–Kier alpha value is -2.03. The molecule has 0 fully saturated rings. The molecule has 16 heavy (non-hydrogen) atoms. The largest absolute Gasteiger partial charge is 0.321 e. The van der Waals surface area contributed by atoms with E-state index < -0.39 is 0 Å². The molecule has 0 saturated heterocycles. The fraction of sp³-hybridized carbons (Fsp3) is 0.154.